The molecule has 0 saturated heterocycles. The van der Waals surface area contributed by atoms with Crippen molar-refractivity contribution in [2.24, 2.45) is 5.14 Å². The Morgan fingerprint density at radius 3 is 1.88 bits per heavy atom. The number of rotatable bonds is 3. The standard InChI is InChI=1S/C13H7ClF5N3O3S/c14-5-3-4(26(20,24)25)1-2-6(5)21-13(23)22-12-10(18)8(16)7(15)9(17)11(12)19/h1-3H,(H2,20,24,25)(H2,21,22,23). The fraction of sp³-hybridized carbons (Fsp3) is 0. The number of nitrogens with one attached hydrogen (secondary N) is 2. The summed E-state index contributed by atoms with van der Waals surface area (Å²) in [6.07, 6.45) is 0. The molecule has 2 aromatic carbocycles. The zero-order valence-electron chi connectivity index (χ0n) is 12.2. The van der Waals surface area contributed by atoms with E-state index < -0.39 is 50.8 Å². The zero-order valence-corrected chi connectivity index (χ0v) is 13.8. The van der Waals surface area contributed by atoms with Crippen LogP contribution >= 0.6 is 11.6 Å². The first-order valence-corrected chi connectivity index (χ1v) is 8.27. The molecule has 2 amide bonds. The molecule has 0 radical (unpaired) electrons. The summed E-state index contributed by atoms with van der Waals surface area (Å²) in [6, 6.07) is 1.44. The molecule has 0 heterocycles. The van der Waals surface area contributed by atoms with Gasteiger partial charge in [-0.1, -0.05) is 11.6 Å². The molecule has 0 aromatic heterocycles. The Bertz CT molecular complexity index is 988. The molecule has 0 spiro atoms. The van der Waals surface area contributed by atoms with E-state index in [0.717, 1.165) is 18.2 Å². The van der Waals surface area contributed by atoms with E-state index in [9.17, 15) is 35.2 Å². The van der Waals surface area contributed by atoms with Crippen LogP contribution in [0.1, 0.15) is 0 Å². The minimum Gasteiger partial charge on any atom is -0.306 e. The van der Waals surface area contributed by atoms with Crippen LogP contribution in [-0.4, -0.2) is 14.4 Å². The maximum atomic E-state index is 13.5. The normalized spacial score (nSPS) is 11.3. The summed E-state index contributed by atoms with van der Waals surface area (Å²) in [5.41, 5.74) is -1.79. The summed E-state index contributed by atoms with van der Waals surface area (Å²) in [7, 11) is -4.07. The van der Waals surface area contributed by atoms with Crippen molar-refractivity contribution < 1.29 is 35.2 Å². The molecule has 0 aliphatic carbocycles. The van der Waals surface area contributed by atoms with Crippen molar-refractivity contribution in [2.45, 2.75) is 4.90 Å². The third-order valence-corrected chi connectivity index (χ3v) is 4.19. The SMILES string of the molecule is NS(=O)(=O)c1ccc(NC(=O)Nc2c(F)c(F)c(F)c(F)c2F)c(Cl)c1. The molecule has 26 heavy (non-hydrogen) atoms. The smallest absolute Gasteiger partial charge is 0.306 e. The second-order valence-corrected chi connectivity index (χ2v) is 6.68. The second kappa shape index (κ2) is 7.05. The Morgan fingerprint density at radius 1 is 0.923 bits per heavy atom. The number of carbonyl (C=O) groups is 1. The van der Waals surface area contributed by atoms with Crippen molar-refractivity contribution in [1.29, 1.82) is 0 Å². The number of sulfonamides is 1. The first-order chi connectivity index (χ1) is 11.9. The minimum atomic E-state index is -4.07. The van der Waals surface area contributed by atoms with Gasteiger partial charge in [0.05, 0.1) is 15.6 Å². The molecule has 0 aliphatic rings. The van der Waals surface area contributed by atoms with Crippen LogP contribution in [0.2, 0.25) is 5.02 Å². The number of urea groups is 1. The molecule has 4 N–H and O–H groups in total. The van der Waals surface area contributed by atoms with Crippen molar-refractivity contribution in [3.8, 4) is 0 Å². The van der Waals surface area contributed by atoms with Crippen LogP contribution in [0, 0.1) is 29.1 Å². The zero-order chi connectivity index (χ0) is 19.8. The number of amides is 2. The van der Waals surface area contributed by atoms with Crippen molar-refractivity contribution in [1.82, 2.24) is 0 Å². The van der Waals surface area contributed by atoms with E-state index in [2.05, 4.69) is 0 Å². The van der Waals surface area contributed by atoms with Gasteiger partial charge in [-0.15, -0.1) is 0 Å². The molecule has 6 nitrogen and oxygen atoms in total. The maximum absolute atomic E-state index is 13.5. The Hall–Kier alpha value is -2.44. The third-order valence-electron chi connectivity index (χ3n) is 2.97. The molecule has 0 unspecified atom stereocenters. The van der Waals surface area contributed by atoms with Crippen LogP contribution in [0.25, 0.3) is 0 Å². The van der Waals surface area contributed by atoms with E-state index in [-0.39, 0.29) is 15.6 Å². The summed E-state index contributed by atoms with van der Waals surface area (Å²) < 4.78 is 88.4. The van der Waals surface area contributed by atoms with Crippen LogP contribution in [0.5, 0.6) is 0 Å². The highest BCUT2D eigenvalue weighted by molar-refractivity contribution is 7.89. The molecule has 13 heteroatoms. The Morgan fingerprint density at radius 2 is 1.42 bits per heavy atom. The van der Waals surface area contributed by atoms with Crippen molar-refractivity contribution in [3.05, 3.63) is 52.3 Å². The molecule has 0 bridgehead atoms. The summed E-state index contributed by atoms with van der Waals surface area (Å²) in [5.74, 6) is -11.4. The quantitative estimate of drug-likeness (QED) is 0.407. The molecule has 2 aromatic rings. The van der Waals surface area contributed by atoms with Gasteiger partial charge in [-0.2, -0.15) is 0 Å². The van der Waals surface area contributed by atoms with Gasteiger partial charge in [-0.05, 0) is 18.2 Å². The van der Waals surface area contributed by atoms with Gasteiger partial charge in [0.25, 0.3) is 0 Å². The highest BCUT2D eigenvalue weighted by Crippen LogP contribution is 2.28. The lowest BCUT2D eigenvalue weighted by molar-refractivity contribution is 0.261. The highest BCUT2D eigenvalue weighted by Gasteiger charge is 2.27. The van der Waals surface area contributed by atoms with Gasteiger partial charge in [0.1, 0.15) is 5.69 Å². The van der Waals surface area contributed by atoms with Gasteiger partial charge in [0, 0.05) is 0 Å². The average molecular weight is 416 g/mol. The minimum absolute atomic E-state index is 0.222. The van der Waals surface area contributed by atoms with E-state index in [1.807, 2.05) is 5.32 Å². The molecule has 0 saturated carbocycles. The molecular weight excluding hydrogens is 409 g/mol. The van der Waals surface area contributed by atoms with Crippen LogP contribution in [0.3, 0.4) is 0 Å². The predicted molar refractivity (Wildman–Crippen MR) is 81.7 cm³/mol. The number of carbonyl (C=O) groups excluding carboxylic acids is 1. The molecule has 0 fully saturated rings. The van der Waals surface area contributed by atoms with Crippen molar-refractivity contribution >= 4 is 39.0 Å². The van der Waals surface area contributed by atoms with Gasteiger partial charge in [0.2, 0.25) is 15.8 Å². The summed E-state index contributed by atoms with van der Waals surface area (Å²) in [5, 5.41) is 7.98. The largest absolute Gasteiger partial charge is 0.323 e. The van der Waals surface area contributed by atoms with Gasteiger partial charge in [-0.25, -0.2) is 40.3 Å². The fourth-order valence-electron chi connectivity index (χ4n) is 1.76. The fourth-order valence-corrected chi connectivity index (χ4v) is 2.59. The molecule has 2 rings (SSSR count). The number of hydrogen-bond acceptors (Lipinski definition) is 3. The van der Waals surface area contributed by atoms with E-state index in [1.54, 1.807) is 0 Å². The summed E-state index contributed by atoms with van der Waals surface area (Å²) in [4.78, 5) is 11.4. The van der Waals surface area contributed by atoms with Crippen molar-refractivity contribution in [2.75, 3.05) is 10.6 Å². The molecular formula is C13H7ClF5N3O3S. The highest BCUT2D eigenvalue weighted by atomic mass is 35.5. The molecule has 140 valence electrons. The lowest BCUT2D eigenvalue weighted by atomic mass is 10.2. The van der Waals surface area contributed by atoms with Gasteiger partial charge >= 0.3 is 6.03 Å². The van der Waals surface area contributed by atoms with E-state index >= 15 is 0 Å². The topological polar surface area (TPSA) is 101 Å². The number of primary sulfonamides is 1. The van der Waals surface area contributed by atoms with Crippen LogP contribution in [0.4, 0.5) is 38.1 Å². The summed E-state index contributed by atoms with van der Waals surface area (Å²) in [6.45, 7) is 0. The number of benzene rings is 2. The Kier molecular flexibility index (Phi) is 5.39. The molecule has 0 atom stereocenters. The number of anilines is 2. The second-order valence-electron chi connectivity index (χ2n) is 4.71. The predicted octanol–water partition coefficient (Wildman–Crippen LogP) is 3.33. The monoisotopic (exact) mass is 415 g/mol. The Labute approximate surface area is 147 Å². The Balaban J connectivity index is 2.28. The average Bonchev–Trinajstić information content (AvgIpc) is 2.56. The van der Waals surface area contributed by atoms with Crippen LogP contribution in [-0.2, 0) is 10.0 Å². The van der Waals surface area contributed by atoms with E-state index in [1.165, 1.54) is 5.32 Å². The number of hydrogen-bond donors (Lipinski definition) is 3. The molecule has 0 aliphatic heterocycles. The first kappa shape index (κ1) is 19.9. The third kappa shape index (κ3) is 3.86. The van der Waals surface area contributed by atoms with E-state index in [0.29, 0.717) is 0 Å². The van der Waals surface area contributed by atoms with Gasteiger partial charge < -0.3 is 10.6 Å². The van der Waals surface area contributed by atoms with Gasteiger partial charge in [-0.3, -0.25) is 0 Å². The van der Waals surface area contributed by atoms with E-state index in [4.69, 9.17) is 16.7 Å². The van der Waals surface area contributed by atoms with Gasteiger partial charge in [0.15, 0.2) is 23.3 Å². The lowest BCUT2D eigenvalue weighted by Crippen LogP contribution is -2.22. The number of nitrogens with two attached hydrogens (primary N) is 1. The van der Waals surface area contributed by atoms with Crippen LogP contribution < -0.4 is 15.8 Å². The number of halogens is 6. The first-order valence-electron chi connectivity index (χ1n) is 6.35. The summed E-state index contributed by atoms with van der Waals surface area (Å²) >= 11 is 5.74. The van der Waals surface area contributed by atoms with Crippen molar-refractivity contribution in [3.63, 3.8) is 0 Å². The van der Waals surface area contributed by atoms with Crippen LogP contribution in [0.15, 0.2) is 23.1 Å². The lowest BCUT2D eigenvalue weighted by Gasteiger charge is -2.12. The maximum Gasteiger partial charge on any atom is 0.323 e.